The van der Waals surface area contributed by atoms with E-state index >= 15 is 0 Å². The van der Waals surface area contributed by atoms with Crippen LogP contribution >= 0.6 is 0 Å². The topological polar surface area (TPSA) is 70.1 Å². The SMILES string of the molecule is O=c1[nH]c(=O)n(-c2ccccc2)c2c1CN(C1CCCC1)CN2. The van der Waals surface area contributed by atoms with Crippen molar-refractivity contribution in [1.82, 2.24) is 14.5 Å². The van der Waals surface area contributed by atoms with E-state index < -0.39 is 5.69 Å². The van der Waals surface area contributed by atoms with Crippen molar-refractivity contribution in [2.75, 3.05) is 12.0 Å². The monoisotopic (exact) mass is 312 g/mol. The highest BCUT2D eigenvalue weighted by molar-refractivity contribution is 5.51. The Morgan fingerprint density at radius 2 is 1.78 bits per heavy atom. The van der Waals surface area contributed by atoms with Gasteiger partial charge in [0.2, 0.25) is 0 Å². The summed E-state index contributed by atoms with van der Waals surface area (Å²) >= 11 is 0. The number of hydrogen-bond acceptors (Lipinski definition) is 4. The molecule has 1 aliphatic carbocycles. The van der Waals surface area contributed by atoms with Crippen molar-refractivity contribution in [1.29, 1.82) is 0 Å². The van der Waals surface area contributed by atoms with Gasteiger partial charge in [0.05, 0.1) is 17.9 Å². The molecule has 1 aliphatic heterocycles. The summed E-state index contributed by atoms with van der Waals surface area (Å²) in [5.41, 5.74) is 0.715. The van der Waals surface area contributed by atoms with Crippen molar-refractivity contribution < 1.29 is 0 Å². The minimum absolute atomic E-state index is 0.285. The molecule has 6 heteroatoms. The molecule has 1 aromatic carbocycles. The van der Waals surface area contributed by atoms with Gasteiger partial charge in [0.1, 0.15) is 5.82 Å². The fourth-order valence-electron chi connectivity index (χ4n) is 3.69. The second-order valence-corrected chi connectivity index (χ2v) is 6.28. The lowest BCUT2D eigenvalue weighted by atomic mass is 10.1. The summed E-state index contributed by atoms with van der Waals surface area (Å²) in [4.78, 5) is 29.4. The van der Waals surface area contributed by atoms with Crippen LogP contribution in [0.5, 0.6) is 0 Å². The van der Waals surface area contributed by atoms with Gasteiger partial charge in [-0.2, -0.15) is 0 Å². The number of aromatic nitrogens is 2. The lowest BCUT2D eigenvalue weighted by Gasteiger charge is -2.34. The van der Waals surface area contributed by atoms with E-state index in [1.807, 2.05) is 30.3 Å². The fraction of sp³-hybridized carbons (Fsp3) is 0.412. The Balaban J connectivity index is 1.79. The van der Waals surface area contributed by atoms with Crippen LogP contribution in [0.2, 0.25) is 0 Å². The summed E-state index contributed by atoms with van der Waals surface area (Å²) < 4.78 is 1.56. The van der Waals surface area contributed by atoms with Crippen molar-refractivity contribution in [2.45, 2.75) is 38.3 Å². The van der Waals surface area contributed by atoms with Crippen LogP contribution in [0.15, 0.2) is 39.9 Å². The molecule has 4 rings (SSSR count). The van der Waals surface area contributed by atoms with E-state index in [2.05, 4.69) is 15.2 Å². The number of anilines is 1. The Morgan fingerprint density at radius 3 is 2.52 bits per heavy atom. The van der Waals surface area contributed by atoms with Gasteiger partial charge in [0, 0.05) is 12.6 Å². The quantitative estimate of drug-likeness (QED) is 0.885. The molecule has 0 saturated heterocycles. The zero-order chi connectivity index (χ0) is 15.8. The standard InChI is InChI=1S/C17H20N4O2/c22-16-14-10-20(12-6-4-5-7-12)11-18-15(14)21(17(23)19-16)13-8-2-1-3-9-13/h1-3,8-9,12,18H,4-7,10-11H2,(H,19,22,23). The predicted molar refractivity (Wildman–Crippen MR) is 88.9 cm³/mol. The van der Waals surface area contributed by atoms with Crippen molar-refractivity contribution in [3.63, 3.8) is 0 Å². The van der Waals surface area contributed by atoms with Crippen LogP contribution in [-0.4, -0.2) is 27.2 Å². The molecule has 23 heavy (non-hydrogen) atoms. The number of benzene rings is 1. The number of aromatic amines is 1. The number of hydrogen-bond donors (Lipinski definition) is 2. The van der Waals surface area contributed by atoms with Gasteiger partial charge in [-0.3, -0.25) is 14.7 Å². The van der Waals surface area contributed by atoms with Crippen LogP contribution in [0, 0.1) is 0 Å². The zero-order valence-corrected chi connectivity index (χ0v) is 12.9. The highest BCUT2D eigenvalue weighted by atomic mass is 16.2. The number of nitrogens with one attached hydrogen (secondary N) is 2. The largest absolute Gasteiger partial charge is 0.358 e. The van der Waals surface area contributed by atoms with Crippen molar-refractivity contribution in [2.24, 2.45) is 0 Å². The van der Waals surface area contributed by atoms with Crippen molar-refractivity contribution in [3.05, 3.63) is 56.7 Å². The average Bonchev–Trinajstić information content (AvgIpc) is 3.10. The summed E-state index contributed by atoms with van der Waals surface area (Å²) in [6.45, 7) is 1.27. The van der Waals surface area contributed by atoms with E-state index in [0.717, 1.165) is 5.69 Å². The molecule has 0 amide bonds. The highest BCUT2D eigenvalue weighted by Crippen LogP contribution is 2.28. The third-order valence-corrected chi connectivity index (χ3v) is 4.87. The molecule has 0 atom stereocenters. The molecule has 2 heterocycles. The molecule has 6 nitrogen and oxygen atoms in total. The van der Waals surface area contributed by atoms with Crippen LogP contribution in [0.25, 0.3) is 5.69 Å². The van der Waals surface area contributed by atoms with Crippen LogP contribution in [-0.2, 0) is 6.54 Å². The Labute approximate surface area is 133 Å². The Morgan fingerprint density at radius 1 is 1.04 bits per heavy atom. The first kappa shape index (κ1) is 14.3. The number of para-hydroxylation sites is 1. The maximum atomic E-state index is 12.3. The minimum Gasteiger partial charge on any atom is -0.358 e. The molecule has 120 valence electrons. The molecule has 2 aliphatic rings. The van der Waals surface area contributed by atoms with Gasteiger partial charge in [-0.15, -0.1) is 0 Å². The molecule has 0 spiro atoms. The summed E-state index contributed by atoms with van der Waals surface area (Å²) in [5.74, 6) is 0.624. The molecule has 1 saturated carbocycles. The van der Waals surface area contributed by atoms with E-state index in [1.54, 1.807) is 4.57 Å². The lowest BCUT2D eigenvalue weighted by Crippen LogP contribution is -2.46. The van der Waals surface area contributed by atoms with E-state index in [9.17, 15) is 9.59 Å². The molecular formula is C17H20N4O2. The first-order chi connectivity index (χ1) is 11.2. The second-order valence-electron chi connectivity index (χ2n) is 6.28. The van der Waals surface area contributed by atoms with Gasteiger partial charge in [-0.25, -0.2) is 9.36 Å². The van der Waals surface area contributed by atoms with Crippen molar-refractivity contribution >= 4 is 5.82 Å². The van der Waals surface area contributed by atoms with Crippen LogP contribution < -0.4 is 16.6 Å². The number of nitrogens with zero attached hydrogens (tertiary/aromatic N) is 2. The third-order valence-electron chi connectivity index (χ3n) is 4.87. The number of rotatable bonds is 2. The Kier molecular flexibility index (Phi) is 3.53. The predicted octanol–water partition coefficient (Wildman–Crippen LogP) is 1.65. The Bertz CT molecular complexity index is 819. The van der Waals surface area contributed by atoms with Crippen LogP contribution in [0.4, 0.5) is 5.82 Å². The molecule has 2 N–H and O–H groups in total. The van der Waals surface area contributed by atoms with E-state index in [1.165, 1.54) is 25.7 Å². The molecular weight excluding hydrogens is 292 g/mol. The zero-order valence-electron chi connectivity index (χ0n) is 12.9. The summed E-state index contributed by atoms with van der Waals surface area (Å²) in [6, 6.07) is 9.94. The summed E-state index contributed by atoms with van der Waals surface area (Å²) in [5, 5.41) is 3.31. The third kappa shape index (κ3) is 2.49. The van der Waals surface area contributed by atoms with Crippen LogP contribution in [0.3, 0.4) is 0 Å². The van der Waals surface area contributed by atoms with Gasteiger partial charge in [-0.05, 0) is 25.0 Å². The first-order valence-corrected chi connectivity index (χ1v) is 8.15. The van der Waals surface area contributed by atoms with Crippen molar-refractivity contribution in [3.8, 4) is 5.69 Å². The summed E-state index contributed by atoms with van der Waals surface area (Å²) in [7, 11) is 0. The van der Waals surface area contributed by atoms with Gasteiger partial charge >= 0.3 is 5.69 Å². The molecule has 1 aromatic heterocycles. The number of fused-ring (bicyclic) bond motifs is 1. The van der Waals surface area contributed by atoms with E-state index in [-0.39, 0.29) is 5.56 Å². The lowest BCUT2D eigenvalue weighted by molar-refractivity contribution is 0.195. The second kappa shape index (κ2) is 5.70. The normalized spacial score (nSPS) is 18.6. The van der Waals surface area contributed by atoms with Gasteiger partial charge in [-0.1, -0.05) is 31.0 Å². The van der Waals surface area contributed by atoms with Gasteiger partial charge in [0.25, 0.3) is 5.56 Å². The first-order valence-electron chi connectivity index (χ1n) is 8.15. The maximum Gasteiger partial charge on any atom is 0.334 e. The smallest absolute Gasteiger partial charge is 0.334 e. The highest BCUT2D eigenvalue weighted by Gasteiger charge is 2.29. The molecule has 2 aromatic rings. The van der Waals surface area contributed by atoms with Gasteiger partial charge < -0.3 is 5.32 Å². The fourth-order valence-corrected chi connectivity index (χ4v) is 3.69. The van der Waals surface area contributed by atoms with E-state index in [4.69, 9.17) is 0 Å². The summed E-state index contributed by atoms with van der Waals surface area (Å²) in [6.07, 6.45) is 4.89. The molecule has 1 fully saturated rings. The molecule has 0 bridgehead atoms. The van der Waals surface area contributed by atoms with Crippen LogP contribution in [0.1, 0.15) is 31.2 Å². The Hall–Kier alpha value is -2.34. The molecule has 0 unspecified atom stereocenters. The maximum absolute atomic E-state index is 12.3. The minimum atomic E-state index is -0.401. The average molecular weight is 312 g/mol. The van der Waals surface area contributed by atoms with Gasteiger partial charge in [0.15, 0.2) is 0 Å². The van der Waals surface area contributed by atoms with E-state index in [0.29, 0.717) is 30.6 Å². The number of H-pyrrole nitrogens is 1. The molecule has 0 radical (unpaired) electrons.